The molecule has 0 amide bonds. The van der Waals surface area contributed by atoms with Gasteiger partial charge in [0.05, 0.1) is 6.10 Å². The Kier molecular flexibility index (Phi) is 6.93. The fourth-order valence-electron chi connectivity index (χ4n) is 12.4. The third-order valence-corrected chi connectivity index (χ3v) is 15.1. The van der Waals surface area contributed by atoms with E-state index in [1.54, 1.807) is 11.1 Å². The van der Waals surface area contributed by atoms with Gasteiger partial charge in [-0.05, 0) is 134 Å². The van der Waals surface area contributed by atoms with Crippen molar-refractivity contribution in [2.24, 2.45) is 50.7 Å². The first kappa shape index (κ1) is 30.0. The zero-order valence-corrected chi connectivity index (χ0v) is 28.4. The third kappa shape index (κ3) is 4.17. The van der Waals surface area contributed by atoms with Crippen LogP contribution < -0.4 is 0 Å². The topological polar surface area (TPSA) is 59.2 Å². The fourth-order valence-corrected chi connectivity index (χ4v) is 12.5. The average Bonchev–Trinajstić information content (AvgIpc) is 3.57. The minimum Gasteiger partial charge on any atom is -0.421 e. The van der Waals surface area contributed by atoms with Crippen LogP contribution in [0, 0.1) is 50.7 Å². The van der Waals surface area contributed by atoms with Crippen molar-refractivity contribution in [1.82, 2.24) is 10.2 Å². The molecule has 5 aliphatic carbocycles. The van der Waals surface area contributed by atoms with Gasteiger partial charge in [-0.3, -0.25) is 0 Å². The Labute approximate surface area is 264 Å². The smallest absolute Gasteiger partial charge is 0.247 e. The molecule has 234 valence electrons. The highest BCUT2D eigenvalue weighted by Gasteiger charge is 2.69. The molecule has 1 heterocycles. The number of nitrogens with zero attached hydrogens (tertiary/aromatic N) is 2. The first-order valence-electron chi connectivity index (χ1n) is 17.2. The zero-order valence-electron chi connectivity index (χ0n) is 27.6. The Morgan fingerprint density at radius 2 is 1.60 bits per heavy atom. The van der Waals surface area contributed by atoms with Gasteiger partial charge in [0.1, 0.15) is 0 Å². The van der Waals surface area contributed by atoms with Gasteiger partial charge in [0.15, 0.2) is 0 Å². The van der Waals surface area contributed by atoms with Crippen LogP contribution in [0.25, 0.3) is 11.5 Å². The predicted molar refractivity (Wildman–Crippen MR) is 173 cm³/mol. The number of hydrogen-bond donors (Lipinski definition) is 1. The van der Waals surface area contributed by atoms with Crippen molar-refractivity contribution >= 4 is 11.6 Å². The van der Waals surface area contributed by atoms with Crippen LogP contribution in [0.1, 0.15) is 119 Å². The van der Waals surface area contributed by atoms with Crippen LogP contribution in [0.5, 0.6) is 0 Å². The molecular formula is C38H53ClN2O2. The Morgan fingerprint density at radius 1 is 0.860 bits per heavy atom. The molecule has 5 heteroatoms. The van der Waals surface area contributed by atoms with Crippen LogP contribution >= 0.6 is 11.6 Å². The molecule has 4 fully saturated rings. The lowest BCUT2D eigenvalue weighted by atomic mass is 9.33. The van der Waals surface area contributed by atoms with Gasteiger partial charge in [-0.1, -0.05) is 71.2 Å². The number of aromatic nitrogens is 2. The lowest BCUT2D eigenvalue weighted by molar-refractivity contribution is -0.228. The molecule has 43 heavy (non-hydrogen) atoms. The maximum atomic E-state index is 11.1. The molecule has 0 radical (unpaired) electrons. The summed E-state index contributed by atoms with van der Waals surface area (Å²) in [6.45, 7) is 17.6. The van der Waals surface area contributed by atoms with E-state index in [2.05, 4.69) is 58.7 Å². The number of aliphatic hydroxyl groups excluding tert-OH is 1. The van der Waals surface area contributed by atoms with Crippen molar-refractivity contribution in [3.8, 4) is 11.5 Å². The van der Waals surface area contributed by atoms with Crippen LogP contribution in [-0.4, -0.2) is 21.4 Å². The maximum Gasteiger partial charge on any atom is 0.247 e. The maximum absolute atomic E-state index is 11.1. The quantitative estimate of drug-likeness (QED) is 0.353. The third-order valence-electron chi connectivity index (χ3n) is 14.9. The van der Waals surface area contributed by atoms with Gasteiger partial charge in [-0.15, -0.1) is 10.2 Å². The molecule has 2 aromatic rings. The number of hydrogen-bond acceptors (Lipinski definition) is 4. The number of allylic oxidation sites excluding steroid dienone is 2. The predicted octanol–water partition coefficient (Wildman–Crippen LogP) is 10.1. The molecule has 4 nitrogen and oxygen atoms in total. The minimum atomic E-state index is -0.167. The summed E-state index contributed by atoms with van der Waals surface area (Å²) in [5.41, 5.74) is 5.51. The van der Waals surface area contributed by atoms with Crippen molar-refractivity contribution in [1.29, 1.82) is 0 Å². The van der Waals surface area contributed by atoms with Crippen LogP contribution in [0.4, 0.5) is 0 Å². The fraction of sp³-hybridized carbons (Fsp3) is 0.737. The molecule has 1 aromatic heterocycles. The summed E-state index contributed by atoms with van der Waals surface area (Å²) in [5.74, 6) is 3.91. The highest BCUT2D eigenvalue weighted by atomic mass is 35.5. The van der Waals surface area contributed by atoms with Gasteiger partial charge < -0.3 is 9.52 Å². The number of rotatable bonds is 4. The Morgan fingerprint density at radius 3 is 2.33 bits per heavy atom. The molecule has 0 bridgehead atoms. The van der Waals surface area contributed by atoms with E-state index in [0.717, 1.165) is 30.2 Å². The Balaban J connectivity index is 1.24. The Hall–Kier alpha value is -1.65. The molecule has 0 unspecified atom stereocenters. The SMILES string of the molecule is CC(C)C1=C2[C@H]3CC[C@@H]4[C@@]5(C)CC[C@H](O)C(C)(C)[C@@H]5CC[C@@]4(C)[C@]3(C)CC[C@@]2(Cc2nnc(-c3ccc(Cl)cc3)o2)CC1. The van der Waals surface area contributed by atoms with Crippen molar-refractivity contribution in [2.75, 3.05) is 0 Å². The van der Waals surface area contributed by atoms with E-state index < -0.39 is 0 Å². The first-order chi connectivity index (χ1) is 20.3. The monoisotopic (exact) mass is 604 g/mol. The van der Waals surface area contributed by atoms with Gasteiger partial charge in [0.2, 0.25) is 11.8 Å². The summed E-state index contributed by atoms with van der Waals surface area (Å²) in [5, 5.41) is 20.9. The molecule has 1 N–H and O–H groups in total. The number of benzene rings is 1. The normalized spacial score (nSPS) is 41.9. The van der Waals surface area contributed by atoms with E-state index in [-0.39, 0.29) is 22.3 Å². The molecule has 0 saturated heterocycles. The summed E-state index contributed by atoms with van der Waals surface area (Å²) in [7, 11) is 0. The number of fused-ring (bicyclic) bond motifs is 7. The summed E-state index contributed by atoms with van der Waals surface area (Å²) in [6, 6.07) is 7.69. The van der Waals surface area contributed by atoms with Gasteiger partial charge in [0, 0.05) is 22.4 Å². The Bertz CT molecular complexity index is 1430. The lowest BCUT2D eigenvalue weighted by Gasteiger charge is -2.72. The standard InChI is InChI=1S/C38H53ClN2O2/c1-23(2)26-14-19-38(22-31-40-41-33(43-31)24-8-10-25(39)11-9-24)21-20-36(6)27(32(26)38)12-13-29-35(5)17-16-30(42)34(3,4)28(35)15-18-37(29,36)7/h8-11,23,27-30,42H,12-22H2,1-7H3/t27-,28+,29-,30+,35+,36-,37-,38-/m1/s1. The van der Waals surface area contributed by atoms with E-state index in [1.807, 2.05) is 24.3 Å². The molecule has 5 aliphatic rings. The largest absolute Gasteiger partial charge is 0.421 e. The van der Waals surface area contributed by atoms with Crippen LogP contribution in [0.15, 0.2) is 39.8 Å². The molecular weight excluding hydrogens is 552 g/mol. The molecule has 0 aliphatic heterocycles. The second-order valence-corrected chi connectivity index (χ2v) is 17.5. The molecule has 8 atom stereocenters. The van der Waals surface area contributed by atoms with Gasteiger partial charge in [0.25, 0.3) is 0 Å². The zero-order chi connectivity index (χ0) is 30.6. The van der Waals surface area contributed by atoms with Gasteiger partial charge in [-0.25, -0.2) is 0 Å². The van der Waals surface area contributed by atoms with E-state index in [1.165, 1.54) is 57.8 Å². The van der Waals surface area contributed by atoms with Crippen LogP contribution in [0.2, 0.25) is 5.02 Å². The second-order valence-electron chi connectivity index (χ2n) is 17.0. The molecule has 0 spiro atoms. The lowest BCUT2D eigenvalue weighted by Crippen LogP contribution is -2.65. The molecule has 4 saturated carbocycles. The van der Waals surface area contributed by atoms with Crippen LogP contribution in [0.3, 0.4) is 0 Å². The van der Waals surface area contributed by atoms with Crippen molar-refractivity contribution in [2.45, 2.75) is 125 Å². The summed E-state index contributed by atoms with van der Waals surface area (Å²) < 4.78 is 6.37. The van der Waals surface area contributed by atoms with Crippen molar-refractivity contribution in [3.05, 3.63) is 46.3 Å². The van der Waals surface area contributed by atoms with Gasteiger partial charge >= 0.3 is 0 Å². The summed E-state index contributed by atoms with van der Waals surface area (Å²) >= 11 is 6.13. The van der Waals surface area contributed by atoms with E-state index in [9.17, 15) is 5.11 Å². The highest BCUT2D eigenvalue weighted by molar-refractivity contribution is 6.30. The van der Waals surface area contributed by atoms with E-state index in [0.29, 0.717) is 39.5 Å². The number of halogens is 1. The average molecular weight is 605 g/mol. The minimum absolute atomic E-state index is 0.00152. The summed E-state index contributed by atoms with van der Waals surface area (Å²) in [6.07, 6.45) is 12.9. The molecule has 7 rings (SSSR count). The summed E-state index contributed by atoms with van der Waals surface area (Å²) in [4.78, 5) is 0. The van der Waals surface area contributed by atoms with E-state index >= 15 is 0 Å². The first-order valence-corrected chi connectivity index (χ1v) is 17.6. The number of aliphatic hydroxyl groups is 1. The van der Waals surface area contributed by atoms with Crippen LogP contribution in [-0.2, 0) is 6.42 Å². The van der Waals surface area contributed by atoms with Crippen molar-refractivity contribution in [3.63, 3.8) is 0 Å². The highest BCUT2D eigenvalue weighted by Crippen LogP contribution is 2.77. The van der Waals surface area contributed by atoms with Gasteiger partial charge in [-0.2, -0.15) is 0 Å². The van der Waals surface area contributed by atoms with E-state index in [4.69, 9.17) is 16.0 Å². The molecule has 1 aromatic carbocycles. The second kappa shape index (κ2) is 9.92. The van der Waals surface area contributed by atoms with Crippen molar-refractivity contribution < 1.29 is 9.52 Å².